The Bertz CT molecular complexity index is 487. The standard InChI is InChI=1S/C14H24BN3O2/c1-9(16)8-10-6-7-18-12(11(10)17)15-19-13(2,3)14(4,5)20-15/h6-7,9H,8,16-17H2,1-5H3. The van der Waals surface area contributed by atoms with Gasteiger partial charge < -0.3 is 20.8 Å². The van der Waals surface area contributed by atoms with Crippen molar-refractivity contribution in [2.24, 2.45) is 5.73 Å². The lowest BCUT2D eigenvalue weighted by Gasteiger charge is -2.32. The molecule has 4 N–H and O–H groups in total. The van der Waals surface area contributed by atoms with E-state index in [-0.39, 0.29) is 6.04 Å². The maximum Gasteiger partial charge on any atom is 0.516 e. The molecule has 0 saturated carbocycles. The van der Waals surface area contributed by atoms with Gasteiger partial charge >= 0.3 is 7.12 Å². The molecule has 0 aliphatic carbocycles. The summed E-state index contributed by atoms with van der Waals surface area (Å²) in [5, 5.41) is 0. The molecule has 0 bridgehead atoms. The summed E-state index contributed by atoms with van der Waals surface area (Å²) in [6.07, 6.45) is 2.44. The van der Waals surface area contributed by atoms with E-state index in [0.717, 1.165) is 5.56 Å². The summed E-state index contributed by atoms with van der Waals surface area (Å²) in [5.41, 5.74) is 13.5. The van der Waals surface area contributed by atoms with Crippen LogP contribution in [0.25, 0.3) is 0 Å². The first-order chi connectivity index (χ1) is 9.14. The normalized spacial score (nSPS) is 22.0. The van der Waals surface area contributed by atoms with Gasteiger partial charge in [0.1, 0.15) is 0 Å². The number of aromatic nitrogens is 1. The fourth-order valence-corrected chi connectivity index (χ4v) is 2.20. The Morgan fingerprint density at radius 2 is 1.80 bits per heavy atom. The van der Waals surface area contributed by atoms with Crippen LogP contribution in [0.5, 0.6) is 0 Å². The second-order valence-corrected chi connectivity index (χ2v) is 6.54. The summed E-state index contributed by atoms with van der Waals surface area (Å²) in [6.45, 7) is 9.99. The van der Waals surface area contributed by atoms with Gasteiger partial charge in [0.25, 0.3) is 0 Å². The Labute approximate surface area is 121 Å². The van der Waals surface area contributed by atoms with Crippen LogP contribution in [0.3, 0.4) is 0 Å². The van der Waals surface area contributed by atoms with Gasteiger partial charge in [0, 0.05) is 12.2 Å². The van der Waals surface area contributed by atoms with E-state index in [1.807, 2.05) is 40.7 Å². The van der Waals surface area contributed by atoms with Crippen molar-refractivity contribution in [3.63, 3.8) is 0 Å². The molecule has 1 aromatic heterocycles. The molecule has 0 spiro atoms. The quantitative estimate of drug-likeness (QED) is 0.800. The predicted molar refractivity (Wildman–Crippen MR) is 81.7 cm³/mol. The first-order valence-electron chi connectivity index (χ1n) is 6.98. The van der Waals surface area contributed by atoms with Crippen LogP contribution in [0, 0.1) is 0 Å². The van der Waals surface area contributed by atoms with E-state index in [0.29, 0.717) is 17.7 Å². The molecular formula is C14H24BN3O2. The van der Waals surface area contributed by atoms with Crippen LogP contribution >= 0.6 is 0 Å². The number of anilines is 1. The number of hydrogen-bond acceptors (Lipinski definition) is 5. The molecule has 5 nitrogen and oxygen atoms in total. The van der Waals surface area contributed by atoms with E-state index in [2.05, 4.69) is 4.98 Å². The highest BCUT2D eigenvalue weighted by Gasteiger charge is 2.53. The minimum atomic E-state index is -0.534. The van der Waals surface area contributed by atoms with Gasteiger partial charge in [-0.2, -0.15) is 0 Å². The Kier molecular flexibility index (Phi) is 3.84. The number of nitrogens with zero attached hydrogens (tertiary/aromatic N) is 1. The fraction of sp³-hybridized carbons (Fsp3) is 0.643. The van der Waals surface area contributed by atoms with Crippen molar-refractivity contribution in [2.75, 3.05) is 5.73 Å². The third-order valence-corrected chi connectivity index (χ3v) is 4.13. The Morgan fingerprint density at radius 3 is 2.30 bits per heavy atom. The van der Waals surface area contributed by atoms with Crippen LogP contribution in [0.2, 0.25) is 0 Å². The van der Waals surface area contributed by atoms with Crippen molar-refractivity contribution in [1.29, 1.82) is 0 Å². The number of rotatable bonds is 3. The summed E-state index contributed by atoms with van der Waals surface area (Å²) in [6, 6.07) is 1.94. The molecular weight excluding hydrogens is 253 g/mol. The monoisotopic (exact) mass is 277 g/mol. The lowest BCUT2D eigenvalue weighted by atomic mass is 9.81. The second-order valence-electron chi connectivity index (χ2n) is 6.54. The zero-order valence-electron chi connectivity index (χ0n) is 12.9. The zero-order valence-corrected chi connectivity index (χ0v) is 12.9. The van der Waals surface area contributed by atoms with Crippen molar-refractivity contribution >= 4 is 18.4 Å². The van der Waals surface area contributed by atoms with E-state index < -0.39 is 18.3 Å². The molecule has 1 fully saturated rings. The third-order valence-electron chi connectivity index (χ3n) is 4.13. The van der Waals surface area contributed by atoms with Crippen molar-refractivity contribution < 1.29 is 9.31 Å². The van der Waals surface area contributed by atoms with E-state index in [1.165, 1.54) is 0 Å². The highest BCUT2D eigenvalue weighted by molar-refractivity contribution is 6.62. The summed E-state index contributed by atoms with van der Waals surface area (Å²) in [7, 11) is -0.534. The van der Waals surface area contributed by atoms with Gasteiger partial charge in [0.05, 0.1) is 22.5 Å². The smallest absolute Gasteiger partial charge is 0.398 e. The third kappa shape index (κ3) is 2.68. The van der Waals surface area contributed by atoms with Crippen molar-refractivity contribution in [1.82, 2.24) is 4.98 Å². The van der Waals surface area contributed by atoms with Gasteiger partial charge in [-0.1, -0.05) is 0 Å². The summed E-state index contributed by atoms with van der Waals surface area (Å²) < 4.78 is 12.0. The molecule has 20 heavy (non-hydrogen) atoms. The molecule has 1 aliphatic heterocycles. The zero-order chi connectivity index (χ0) is 15.1. The number of hydrogen-bond donors (Lipinski definition) is 2. The summed E-state index contributed by atoms with van der Waals surface area (Å²) in [4.78, 5) is 4.34. The van der Waals surface area contributed by atoms with E-state index in [4.69, 9.17) is 20.8 Å². The Morgan fingerprint density at radius 1 is 1.25 bits per heavy atom. The molecule has 6 heteroatoms. The number of nitrogen functional groups attached to an aromatic ring is 1. The van der Waals surface area contributed by atoms with Gasteiger partial charge in [-0.25, -0.2) is 0 Å². The van der Waals surface area contributed by atoms with Crippen molar-refractivity contribution in [3.05, 3.63) is 17.8 Å². The van der Waals surface area contributed by atoms with Crippen LogP contribution in [-0.2, 0) is 15.7 Å². The SMILES string of the molecule is CC(N)Cc1ccnc(B2OC(C)(C)C(C)(C)O2)c1N. The Balaban J connectivity index is 2.31. The van der Waals surface area contributed by atoms with Crippen LogP contribution in [0.4, 0.5) is 5.69 Å². The molecule has 2 rings (SSSR count). The first-order valence-corrected chi connectivity index (χ1v) is 6.98. The molecule has 0 aromatic carbocycles. The average molecular weight is 277 g/mol. The second kappa shape index (κ2) is 5.02. The summed E-state index contributed by atoms with van der Waals surface area (Å²) >= 11 is 0. The highest BCUT2D eigenvalue weighted by atomic mass is 16.7. The van der Waals surface area contributed by atoms with Gasteiger partial charge in [0.15, 0.2) is 0 Å². The minimum Gasteiger partial charge on any atom is -0.398 e. The van der Waals surface area contributed by atoms with Crippen molar-refractivity contribution in [2.45, 2.75) is 58.3 Å². The largest absolute Gasteiger partial charge is 0.516 e. The lowest BCUT2D eigenvalue weighted by Crippen LogP contribution is -2.41. The molecule has 1 aromatic rings. The molecule has 2 heterocycles. The maximum atomic E-state index is 6.21. The highest BCUT2D eigenvalue weighted by Crippen LogP contribution is 2.36. The van der Waals surface area contributed by atoms with Crippen LogP contribution in [0.1, 0.15) is 40.2 Å². The molecule has 0 radical (unpaired) electrons. The molecule has 1 atom stereocenters. The van der Waals surface area contributed by atoms with Crippen LogP contribution in [0.15, 0.2) is 12.3 Å². The number of nitrogens with two attached hydrogens (primary N) is 2. The van der Waals surface area contributed by atoms with Gasteiger partial charge in [-0.15, -0.1) is 0 Å². The van der Waals surface area contributed by atoms with Crippen LogP contribution in [-0.4, -0.2) is 29.3 Å². The molecule has 0 amide bonds. The predicted octanol–water partition coefficient (Wildman–Crippen LogP) is 0.853. The topological polar surface area (TPSA) is 83.4 Å². The molecule has 1 saturated heterocycles. The van der Waals surface area contributed by atoms with E-state index in [9.17, 15) is 0 Å². The van der Waals surface area contributed by atoms with E-state index in [1.54, 1.807) is 6.20 Å². The maximum absolute atomic E-state index is 6.21. The first kappa shape index (κ1) is 15.3. The van der Waals surface area contributed by atoms with E-state index >= 15 is 0 Å². The van der Waals surface area contributed by atoms with Crippen LogP contribution < -0.4 is 17.1 Å². The number of pyridine rings is 1. The Hall–Kier alpha value is -1.11. The molecule has 1 aliphatic rings. The fourth-order valence-electron chi connectivity index (χ4n) is 2.20. The van der Waals surface area contributed by atoms with Gasteiger partial charge in [0.2, 0.25) is 0 Å². The summed E-state index contributed by atoms with van der Waals surface area (Å²) in [5.74, 6) is 0. The van der Waals surface area contributed by atoms with Gasteiger partial charge in [-0.05, 0) is 52.7 Å². The average Bonchev–Trinajstić information content (AvgIpc) is 2.50. The van der Waals surface area contributed by atoms with Gasteiger partial charge in [-0.3, -0.25) is 4.98 Å². The minimum absolute atomic E-state index is 0.0471. The lowest BCUT2D eigenvalue weighted by molar-refractivity contribution is 0.00578. The van der Waals surface area contributed by atoms with Crippen molar-refractivity contribution in [3.8, 4) is 0 Å². The molecule has 110 valence electrons. The molecule has 1 unspecified atom stereocenters.